The Morgan fingerprint density at radius 1 is 1.41 bits per heavy atom. The normalized spacial score (nSPS) is 17.6. The van der Waals surface area contributed by atoms with Gasteiger partial charge in [-0.25, -0.2) is 4.68 Å². The maximum atomic E-state index is 12.1. The van der Waals surface area contributed by atoms with Gasteiger partial charge >= 0.3 is 0 Å². The molecule has 6 heteroatoms. The minimum absolute atomic E-state index is 0.163. The van der Waals surface area contributed by atoms with E-state index in [2.05, 4.69) is 20.9 Å². The first kappa shape index (κ1) is 14.7. The molecule has 0 saturated carbocycles. The highest BCUT2D eigenvalue weighted by Crippen LogP contribution is 2.11. The first-order valence-electron chi connectivity index (χ1n) is 7.70. The Bertz CT molecular complexity index is 628. The fraction of sp³-hybridized carbons (Fsp3) is 0.438. The summed E-state index contributed by atoms with van der Waals surface area (Å²) in [4.78, 5) is 12.1. The van der Waals surface area contributed by atoms with Gasteiger partial charge < -0.3 is 10.6 Å². The molecule has 1 amide bonds. The van der Waals surface area contributed by atoms with Crippen molar-refractivity contribution in [2.45, 2.75) is 19.8 Å². The molecule has 2 aromatic rings. The molecule has 1 aliphatic rings. The highest BCUT2D eigenvalue weighted by Gasteiger charge is 2.15. The van der Waals surface area contributed by atoms with Crippen molar-refractivity contribution >= 4 is 5.91 Å². The van der Waals surface area contributed by atoms with Gasteiger partial charge in [0, 0.05) is 6.54 Å². The summed E-state index contributed by atoms with van der Waals surface area (Å²) < 4.78 is 1.62. The quantitative estimate of drug-likeness (QED) is 0.873. The lowest BCUT2D eigenvalue weighted by Crippen LogP contribution is -2.26. The zero-order chi connectivity index (χ0) is 15.4. The molecule has 22 heavy (non-hydrogen) atoms. The molecule has 0 radical (unpaired) electrons. The molecule has 1 aromatic carbocycles. The summed E-state index contributed by atoms with van der Waals surface area (Å²) in [5.41, 5.74) is 2.43. The number of aromatic nitrogens is 3. The van der Waals surface area contributed by atoms with E-state index in [1.54, 1.807) is 10.9 Å². The summed E-state index contributed by atoms with van der Waals surface area (Å²) in [5, 5.41) is 14.2. The van der Waals surface area contributed by atoms with E-state index in [-0.39, 0.29) is 5.91 Å². The molecule has 1 aliphatic heterocycles. The predicted octanol–water partition coefficient (Wildman–Crippen LogP) is 1.31. The average molecular weight is 299 g/mol. The Balaban J connectivity index is 1.55. The van der Waals surface area contributed by atoms with Crippen LogP contribution in [0.25, 0.3) is 5.69 Å². The number of carbonyl (C=O) groups is 1. The average Bonchev–Trinajstić information content (AvgIpc) is 3.19. The van der Waals surface area contributed by atoms with E-state index in [0.29, 0.717) is 18.2 Å². The van der Waals surface area contributed by atoms with Crippen LogP contribution in [0.3, 0.4) is 0 Å². The van der Waals surface area contributed by atoms with Crippen molar-refractivity contribution in [3.05, 3.63) is 41.7 Å². The molecule has 116 valence electrons. The highest BCUT2D eigenvalue weighted by molar-refractivity contribution is 5.91. The molecular formula is C16H21N5O. The van der Waals surface area contributed by atoms with Gasteiger partial charge in [-0.15, -0.1) is 5.10 Å². The number of amides is 1. The predicted molar refractivity (Wildman–Crippen MR) is 84.0 cm³/mol. The van der Waals surface area contributed by atoms with Crippen LogP contribution in [0, 0.1) is 12.8 Å². The number of hydrogen-bond acceptors (Lipinski definition) is 4. The smallest absolute Gasteiger partial charge is 0.273 e. The lowest BCUT2D eigenvalue weighted by Gasteiger charge is -2.08. The molecule has 1 atom stereocenters. The zero-order valence-electron chi connectivity index (χ0n) is 12.7. The van der Waals surface area contributed by atoms with Crippen LogP contribution in [-0.4, -0.2) is 40.5 Å². The van der Waals surface area contributed by atoms with Crippen molar-refractivity contribution in [2.24, 2.45) is 5.92 Å². The summed E-state index contributed by atoms with van der Waals surface area (Å²) in [6, 6.07) is 7.93. The molecule has 3 rings (SSSR count). The van der Waals surface area contributed by atoms with E-state index in [4.69, 9.17) is 0 Å². The summed E-state index contributed by atoms with van der Waals surface area (Å²) in [6.07, 6.45) is 3.86. The van der Waals surface area contributed by atoms with Gasteiger partial charge in [0.2, 0.25) is 0 Å². The Morgan fingerprint density at radius 2 is 2.23 bits per heavy atom. The molecule has 1 fully saturated rings. The number of nitrogens with zero attached hydrogens (tertiary/aromatic N) is 3. The van der Waals surface area contributed by atoms with Crippen LogP contribution < -0.4 is 10.6 Å². The van der Waals surface area contributed by atoms with Gasteiger partial charge in [-0.3, -0.25) is 4.79 Å². The monoisotopic (exact) mass is 299 g/mol. The van der Waals surface area contributed by atoms with E-state index < -0.39 is 0 Å². The Kier molecular flexibility index (Phi) is 4.48. The van der Waals surface area contributed by atoms with Gasteiger partial charge in [0.1, 0.15) is 0 Å². The third-order valence-corrected chi connectivity index (χ3v) is 4.03. The molecule has 1 saturated heterocycles. The molecule has 0 bridgehead atoms. The van der Waals surface area contributed by atoms with Gasteiger partial charge in [0.05, 0.1) is 11.9 Å². The van der Waals surface area contributed by atoms with Crippen LogP contribution in [-0.2, 0) is 0 Å². The van der Waals surface area contributed by atoms with Gasteiger partial charge in [0.15, 0.2) is 5.69 Å². The van der Waals surface area contributed by atoms with Crippen molar-refractivity contribution in [2.75, 3.05) is 19.6 Å². The molecular weight excluding hydrogens is 278 g/mol. The van der Waals surface area contributed by atoms with Crippen LogP contribution in [0.2, 0.25) is 0 Å². The van der Waals surface area contributed by atoms with Crippen molar-refractivity contribution in [1.29, 1.82) is 0 Å². The molecule has 0 spiro atoms. The zero-order valence-corrected chi connectivity index (χ0v) is 12.7. The molecule has 1 unspecified atom stereocenters. The topological polar surface area (TPSA) is 71.8 Å². The maximum absolute atomic E-state index is 12.1. The van der Waals surface area contributed by atoms with E-state index in [1.807, 2.05) is 31.2 Å². The summed E-state index contributed by atoms with van der Waals surface area (Å²) >= 11 is 0. The van der Waals surface area contributed by atoms with Gasteiger partial charge in [-0.2, -0.15) is 0 Å². The number of benzene rings is 1. The minimum atomic E-state index is -0.163. The van der Waals surface area contributed by atoms with E-state index in [1.165, 1.54) is 12.0 Å². The van der Waals surface area contributed by atoms with E-state index in [9.17, 15) is 4.79 Å². The second-order valence-electron chi connectivity index (χ2n) is 5.79. The Morgan fingerprint density at radius 3 is 2.95 bits per heavy atom. The van der Waals surface area contributed by atoms with E-state index in [0.717, 1.165) is 25.2 Å². The van der Waals surface area contributed by atoms with Crippen molar-refractivity contribution in [3.63, 3.8) is 0 Å². The maximum Gasteiger partial charge on any atom is 0.273 e. The number of nitrogens with one attached hydrogen (secondary N) is 2. The van der Waals surface area contributed by atoms with Gasteiger partial charge in [-0.05, 0) is 50.9 Å². The fourth-order valence-electron chi connectivity index (χ4n) is 2.63. The first-order valence-corrected chi connectivity index (χ1v) is 7.70. The number of aryl methyl sites for hydroxylation is 1. The summed E-state index contributed by atoms with van der Waals surface area (Å²) in [5.74, 6) is 0.507. The van der Waals surface area contributed by atoms with Crippen LogP contribution in [0.5, 0.6) is 0 Å². The van der Waals surface area contributed by atoms with Gasteiger partial charge in [0.25, 0.3) is 5.91 Å². The number of hydrogen-bond donors (Lipinski definition) is 2. The van der Waals surface area contributed by atoms with Crippen molar-refractivity contribution < 1.29 is 4.79 Å². The molecule has 0 aliphatic carbocycles. The lowest BCUT2D eigenvalue weighted by atomic mass is 10.1. The minimum Gasteiger partial charge on any atom is -0.351 e. The third-order valence-electron chi connectivity index (χ3n) is 4.03. The van der Waals surface area contributed by atoms with E-state index >= 15 is 0 Å². The fourth-order valence-corrected chi connectivity index (χ4v) is 2.63. The van der Waals surface area contributed by atoms with Crippen molar-refractivity contribution in [1.82, 2.24) is 25.6 Å². The highest BCUT2D eigenvalue weighted by atomic mass is 16.2. The van der Waals surface area contributed by atoms with Crippen LogP contribution in [0.15, 0.2) is 30.5 Å². The molecule has 2 N–H and O–H groups in total. The molecule has 2 heterocycles. The molecule has 6 nitrogen and oxygen atoms in total. The SMILES string of the molecule is Cc1ccc(-n2cc(C(=O)NCCC3CCNC3)nn2)cc1. The van der Waals surface area contributed by atoms with Gasteiger partial charge in [-0.1, -0.05) is 22.9 Å². The van der Waals surface area contributed by atoms with Crippen LogP contribution >= 0.6 is 0 Å². The Labute approximate surface area is 129 Å². The Hall–Kier alpha value is -2.21. The van der Waals surface area contributed by atoms with Crippen LogP contribution in [0.4, 0.5) is 0 Å². The van der Waals surface area contributed by atoms with Crippen LogP contribution in [0.1, 0.15) is 28.9 Å². The second-order valence-corrected chi connectivity index (χ2v) is 5.79. The second kappa shape index (κ2) is 6.70. The largest absolute Gasteiger partial charge is 0.351 e. The number of carbonyl (C=O) groups excluding carboxylic acids is 1. The third kappa shape index (κ3) is 3.51. The first-order chi connectivity index (χ1) is 10.7. The summed E-state index contributed by atoms with van der Waals surface area (Å²) in [6.45, 7) is 4.86. The lowest BCUT2D eigenvalue weighted by molar-refractivity contribution is 0.0946. The van der Waals surface area contributed by atoms with Crippen molar-refractivity contribution in [3.8, 4) is 5.69 Å². The number of rotatable bonds is 5. The molecule has 1 aromatic heterocycles. The summed E-state index contributed by atoms with van der Waals surface area (Å²) in [7, 11) is 0. The standard InChI is InChI=1S/C16H21N5O/c1-12-2-4-14(5-3-12)21-11-15(19-20-21)16(22)18-9-7-13-6-8-17-10-13/h2-5,11,13,17H,6-10H2,1H3,(H,18,22).